The van der Waals surface area contributed by atoms with Crippen molar-refractivity contribution in [1.29, 1.82) is 0 Å². The van der Waals surface area contributed by atoms with Gasteiger partial charge in [0.25, 0.3) is 0 Å². The first-order chi connectivity index (χ1) is 9.60. The molecule has 2 aliphatic carbocycles. The molecule has 106 valence electrons. The highest BCUT2D eigenvalue weighted by atomic mass is 35.5. The van der Waals surface area contributed by atoms with Gasteiger partial charge in [-0.1, -0.05) is 36.2 Å². The molecule has 2 nitrogen and oxygen atoms in total. The van der Waals surface area contributed by atoms with Crippen molar-refractivity contribution >= 4 is 17.5 Å². The van der Waals surface area contributed by atoms with Crippen molar-refractivity contribution in [3.8, 4) is 0 Å². The van der Waals surface area contributed by atoms with E-state index in [9.17, 15) is 4.79 Å². The van der Waals surface area contributed by atoms with E-state index >= 15 is 0 Å². The van der Waals surface area contributed by atoms with Gasteiger partial charge in [0, 0.05) is 11.2 Å². The fourth-order valence-corrected chi connectivity index (χ4v) is 3.19. The van der Waals surface area contributed by atoms with E-state index in [4.69, 9.17) is 11.6 Å². The minimum absolute atomic E-state index is 0.131. The molecule has 0 aromatic heterocycles. The molecule has 1 aromatic carbocycles. The van der Waals surface area contributed by atoms with Crippen LogP contribution in [0.15, 0.2) is 36.0 Å². The Morgan fingerprint density at radius 1 is 1.35 bits per heavy atom. The van der Waals surface area contributed by atoms with E-state index in [1.165, 1.54) is 12.0 Å². The molecule has 3 rings (SSSR count). The molecule has 0 saturated heterocycles. The molecule has 1 amide bonds. The summed E-state index contributed by atoms with van der Waals surface area (Å²) in [5, 5.41) is 3.74. The maximum atomic E-state index is 12.5. The Balaban J connectivity index is 1.69. The highest BCUT2D eigenvalue weighted by Crippen LogP contribution is 2.48. The van der Waals surface area contributed by atoms with Crippen molar-refractivity contribution in [3.63, 3.8) is 0 Å². The second-order valence-electron chi connectivity index (χ2n) is 6.21. The number of hydrogen-bond acceptors (Lipinski definition) is 1. The van der Waals surface area contributed by atoms with E-state index in [0.29, 0.717) is 5.02 Å². The maximum Gasteiger partial charge on any atom is 0.234 e. The SMILES string of the molecule is CC1CC/C(=C\NC(=O)C2(c3ccc(Cl)cc3)CC2)C1. The van der Waals surface area contributed by atoms with Crippen LogP contribution in [0.3, 0.4) is 0 Å². The summed E-state index contributed by atoms with van der Waals surface area (Å²) in [6.45, 7) is 2.26. The Bertz CT molecular complexity index is 543. The van der Waals surface area contributed by atoms with Crippen LogP contribution >= 0.6 is 11.6 Å². The molecule has 3 heteroatoms. The summed E-state index contributed by atoms with van der Waals surface area (Å²) in [6, 6.07) is 7.67. The van der Waals surface area contributed by atoms with Crippen molar-refractivity contribution < 1.29 is 4.79 Å². The van der Waals surface area contributed by atoms with Gasteiger partial charge in [-0.2, -0.15) is 0 Å². The summed E-state index contributed by atoms with van der Waals surface area (Å²) < 4.78 is 0. The minimum Gasteiger partial charge on any atom is -0.332 e. The standard InChI is InChI=1S/C17H20ClNO/c1-12-2-3-13(10-12)11-19-16(20)17(8-9-17)14-4-6-15(18)7-5-14/h4-7,11-12H,2-3,8-10H2,1H3,(H,19,20)/b13-11+. The zero-order valence-corrected chi connectivity index (χ0v) is 12.5. The third-order valence-corrected chi connectivity index (χ3v) is 4.81. The van der Waals surface area contributed by atoms with Crippen LogP contribution in [0.5, 0.6) is 0 Å². The number of carbonyl (C=O) groups is 1. The fraction of sp³-hybridized carbons (Fsp3) is 0.471. The van der Waals surface area contributed by atoms with E-state index in [-0.39, 0.29) is 11.3 Å². The summed E-state index contributed by atoms with van der Waals surface area (Å²) in [5.74, 6) is 0.885. The van der Waals surface area contributed by atoms with Gasteiger partial charge in [0.15, 0.2) is 0 Å². The second kappa shape index (κ2) is 5.25. The van der Waals surface area contributed by atoms with Crippen LogP contribution in [0.2, 0.25) is 5.02 Å². The van der Waals surface area contributed by atoms with Gasteiger partial charge in [-0.15, -0.1) is 0 Å². The average Bonchev–Trinajstić information content (AvgIpc) is 3.15. The molecule has 0 heterocycles. The van der Waals surface area contributed by atoms with E-state index in [2.05, 4.69) is 12.2 Å². The molecule has 2 aliphatic rings. The van der Waals surface area contributed by atoms with Crippen LogP contribution in [0, 0.1) is 5.92 Å². The van der Waals surface area contributed by atoms with Crippen LogP contribution in [-0.4, -0.2) is 5.91 Å². The number of amides is 1. The van der Waals surface area contributed by atoms with E-state index in [0.717, 1.165) is 37.2 Å². The Labute approximate surface area is 125 Å². The van der Waals surface area contributed by atoms with Gasteiger partial charge in [-0.25, -0.2) is 0 Å². The van der Waals surface area contributed by atoms with Gasteiger partial charge >= 0.3 is 0 Å². The first-order valence-electron chi connectivity index (χ1n) is 7.35. The lowest BCUT2D eigenvalue weighted by atomic mass is 9.95. The molecular weight excluding hydrogens is 270 g/mol. The molecule has 0 aliphatic heterocycles. The lowest BCUT2D eigenvalue weighted by Gasteiger charge is -2.14. The number of benzene rings is 1. The number of nitrogens with one attached hydrogen (secondary N) is 1. The Morgan fingerprint density at radius 3 is 2.60 bits per heavy atom. The molecular formula is C17H20ClNO. The highest BCUT2D eigenvalue weighted by molar-refractivity contribution is 6.30. The number of carbonyl (C=O) groups excluding carboxylic acids is 1. The number of rotatable bonds is 3. The van der Waals surface area contributed by atoms with Gasteiger partial charge in [-0.05, 0) is 55.7 Å². The second-order valence-corrected chi connectivity index (χ2v) is 6.65. The zero-order chi connectivity index (χ0) is 14.2. The molecule has 1 atom stereocenters. The van der Waals surface area contributed by atoms with Gasteiger partial charge in [0.2, 0.25) is 5.91 Å². The molecule has 1 aromatic rings. The summed E-state index contributed by atoms with van der Waals surface area (Å²) in [4.78, 5) is 12.5. The van der Waals surface area contributed by atoms with E-state index < -0.39 is 0 Å². The zero-order valence-electron chi connectivity index (χ0n) is 11.8. The monoisotopic (exact) mass is 289 g/mol. The van der Waals surface area contributed by atoms with Crippen LogP contribution in [0.25, 0.3) is 0 Å². The lowest BCUT2D eigenvalue weighted by Crippen LogP contribution is -2.31. The molecule has 1 N–H and O–H groups in total. The fourth-order valence-electron chi connectivity index (χ4n) is 3.06. The Morgan fingerprint density at radius 2 is 2.05 bits per heavy atom. The number of halogens is 1. The van der Waals surface area contributed by atoms with Crippen molar-refractivity contribution in [2.75, 3.05) is 0 Å². The normalized spacial score (nSPS) is 25.7. The number of allylic oxidation sites excluding steroid dienone is 1. The van der Waals surface area contributed by atoms with Gasteiger partial charge < -0.3 is 5.32 Å². The van der Waals surface area contributed by atoms with Crippen LogP contribution in [-0.2, 0) is 10.2 Å². The van der Waals surface area contributed by atoms with Crippen LogP contribution in [0.4, 0.5) is 0 Å². The highest BCUT2D eigenvalue weighted by Gasteiger charge is 2.50. The predicted molar refractivity (Wildman–Crippen MR) is 81.6 cm³/mol. The maximum absolute atomic E-state index is 12.5. The molecule has 20 heavy (non-hydrogen) atoms. The third-order valence-electron chi connectivity index (χ3n) is 4.56. The smallest absolute Gasteiger partial charge is 0.234 e. The van der Waals surface area contributed by atoms with E-state index in [1.54, 1.807) is 0 Å². The van der Waals surface area contributed by atoms with Crippen molar-refractivity contribution in [2.24, 2.45) is 5.92 Å². The molecule has 0 spiro atoms. The van der Waals surface area contributed by atoms with Crippen LogP contribution in [0.1, 0.15) is 44.6 Å². The van der Waals surface area contributed by atoms with Crippen molar-refractivity contribution in [2.45, 2.75) is 44.4 Å². The minimum atomic E-state index is -0.314. The average molecular weight is 290 g/mol. The van der Waals surface area contributed by atoms with Gasteiger partial charge in [-0.3, -0.25) is 4.79 Å². The Hall–Kier alpha value is -1.28. The third kappa shape index (κ3) is 2.62. The van der Waals surface area contributed by atoms with Crippen molar-refractivity contribution in [3.05, 3.63) is 46.6 Å². The summed E-state index contributed by atoms with van der Waals surface area (Å²) >= 11 is 5.91. The quantitative estimate of drug-likeness (QED) is 0.888. The largest absolute Gasteiger partial charge is 0.332 e. The predicted octanol–water partition coefficient (Wildman–Crippen LogP) is 4.19. The van der Waals surface area contributed by atoms with Gasteiger partial charge in [0.1, 0.15) is 0 Å². The summed E-state index contributed by atoms with van der Waals surface area (Å²) in [6.07, 6.45) is 7.29. The first kappa shape index (κ1) is 13.7. The molecule has 0 bridgehead atoms. The first-order valence-corrected chi connectivity index (χ1v) is 7.73. The molecule has 2 fully saturated rings. The number of hydrogen-bond donors (Lipinski definition) is 1. The summed E-state index contributed by atoms with van der Waals surface area (Å²) in [5.41, 5.74) is 2.14. The van der Waals surface area contributed by atoms with Crippen molar-refractivity contribution in [1.82, 2.24) is 5.32 Å². The summed E-state index contributed by atoms with van der Waals surface area (Å²) in [7, 11) is 0. The molecule has 2 saturated carbocycles. The van der Waals surface area contributed by atoms with Crippen LogP contribution < -0.4 is 5.32 Å². The Kier molecular flexibility index (Phi) is 3.59. The van der Waals surface area contributed by atoms with Gasteiger partial charge in [0.05, 0.1) is 5.41 Å². The van der Waals surface area contributed by atoms with E-state index in [1.807, 2.05) is 30.5 Å². The lowest BCUT2D eigenvalue weighted by molar-refractivity contribution is -0.122. The molecule has 1 unspecified atom stereocenters. The topological polar surface area (TPSA) is 29.1 Å². The molecule has 0 radical (unpaired) electrons.